The number of carbonyl (C=O) groups excluding carboxylic acids is 2. The van der Waals surface area contributed by atoms with Gasteiger partial charge in [0.1, 0.15) is 0 Å². The maximum absolute atomic E-state index is 10.9. The summed E-state index contributed by atoms with van der Waals surface area (Å²) >= 11 is 0. The Bertz CT molecular complexity index is 192. The van der Waals surface area contributed by atoms with Gasteiger partial charge in [0.25, 0.3) is 0 Å². The number of esters is 1. The van der Waals surface area contributed by atoms with E-state index in [9.17, 15) is 9.59 Å². The fraction of sp³-hybridized carbons (Fsp3) is 0.714. The maximum Gasteiger partial charge on any atom is 0.330 e. The van der Waals surface area contributed by atoms with Crippen molar-refractivity contribution in [2.24, 2.45) is 0 Å². The van der Waals surface area contributed by atoms with E-state index in [1.807, 2.05) is 0 Å². The van der Waals surface area contributed by atoms with Crippen molar-refractivity contribution in [2.75, 3.05) is 20.3 Å². The molecule has 0 aromatic rings. The zero-order chi connectivity index (χ0) is 8.97. The highest BCUT2D eigenvalue weighted by Crippen LogP contribution is 1.97. The van der Waals surface area contributed by atoms with Gasteiger partial charge in [-0.1, -0.05) is 0 Å². The third kappa shape index (κ3) is 2.20. The standard InChI is InChI=1S/C7H11NO4/c1-11-7(10)5-4-12-3-2-6(9)8-5/h5H,2-4H2,1H3,(H,8,9)/t5-/m0/s1. The summed E-state index contributed by atoms with van der Waals surface area (Å²) < 4.78 is 9.48. The first kappa shape index (κ1) is 8.99. The van der Waals surface area contributed by atoms with Gasteiger partial charge in [0.2, 0.25) is 5.91 Å². The summed E-state index contributed by atoms with van der Waals surface area (Å²) in [4.78, 5) is 21.9. The van der Waals surface area contributed by atoms with Gasteiger partial charge in [-0.05, 0) is 0 Å². The van der Waals surface area contributed by atoms with E-state index in [0.29, 0.717) is 13.0 Å². The Labute approximate surface area is 70.0 Å². The van der Waals surface area contributed by atoms with Crippen LogP contribution in [0.3, 0.4) is 0 Å². The molecular weight excluding hydrogens is 162 g/mol. The quantitative estimate of drug-likeness (QED) is 0.520. The van der Waals surface area contributed by atoms with Gasteiger partial charge in [-0.15, -0.1) is 0 Å². The fourth-order valence-corrected chi connectivity index (χ4v) is 0.943. The van der Waals surface area contributed by atoms with Crippen LogP contribution in [0.2, 0.25) is 0 Å². The molecule has 1 aliphatic heterocycles. The van der Waals surface area contributed by atoms with Crippen molar-refractivity contribution < 1.29 is 19.1 Å². The van der Waals surface area contributed by atoms with Crippen LogP contribution in [0.15, 0.2) is 0 Å². The normalized spacial score (nSPS) is 24.1. The van der Waals surface area contributed by atoms with Gasteiger partial charge in [0.05, 0.1) is 20.3 Å². The van der Waals surface area contributed by atoms with Gasteiger partial charge < -0.3 is 14.8 Å². The van der Waals surface area contributed by atoms with Crippen molar-refractivity contribution in [3.8, 4) is 0 Å². The molecule has 0 bridgehead atoms. The lowest BCUT2D eigenvalue weighted by Crippen LogP contribution is -2.42. The average molecular weight is 173 g/mol. The maximum atomic E-state index is 10.9. The second-order valence-electron chi connectivity index (χ2n) is 2.47. The molecule has 0 radical (unpaired) electrons. The molecule has 0 aliphatic carbocycles. The van der Waals surface area contributed by atoms with Crippen LogP contribution in [-0.4, -0.2) is 38.2 Å². The first-order valence-corrected chi connectivity index (χ1v) is 3.69. The number of hydrogen-bond donors (Lipinski definition) is 1. The van der Waals surface area contributed by atoms with Crippen LogP contribution < -0.4 is 5.32 Å². The number of rotatable bonds is 1. The summed E-state index contributed by atoms with van der Waals surface area (Å²) in [5, 5.41) is 2.49. The minimum atomic E-state index is -0.648. The molecule has 1 heterocycles. The molecule has 5 nitrogen and oxygen atoms in total. The highest BCUT2D eigenvalue weighted by Gasteiger charge is 2.23. The van der Waals surface area contributed by atoms with Crippen LogP contribution in [-0.2, 0) is 19.1 Å². The Hall–Kier alpha value is -1.10. The highest BCUT2D eigenvalue weighted by molar-refractivity contribution is 5.84. The Morgan fingerprint density at radius 2 is 2.50 bits per heavy atom. The van der Waals surface area contributed by atoms with E-state index in [1.165, 1.54) is 7.11 Å². The SMILES string of the molecule is COC(=O)[C@@H]1COCCC(=O)N1. The molecule has 1 fully saturated rings. The van der Waals surface area contributed by atoms with Gasteiger partial charge in [0.15, 0.2) is 6.04 Å². The summed E-state index contributed by atoms with van der Waals surface area (Å²) in [5.74, 6) is -0.645. The molecular formula is C7H11NO4. The first-order valence-electron chi connectivity index (χ1n) is 3.69. The van der Waals surface area contributed by atoms with E-state index in [-0.39, 0.29) is 12.5 Å². The highest BCUT2D eigenvalue weighted by atomic mass is 16.5. The summed E-state index contributed by atoms with van der Waals surface area (Å²) in [6.07, 6.45) is 0.299. The van der Waals surface area contributed by atoms with Crippen molar-refractivity contribution in [3.05, 3.63) is 0 Å². The van der Waals surface area contributed by atoms with E-state index in [1.54, 1.807) is 0 Å². The molecule has 12 heavy (non-hydrogen) atoms. The van der Waals surface area contributed by atoms with E-state index in [4.69, 9.17) is 4.74 Å². The van der Waals surface area contributed by atoms with Crippen molar-refractivity contribution in [3.63, 3.8) is 0 Å². The van der Waals surface area contributed by atoms with Crippen LogP contribution >= 0.6 is 0 Å². The smallest absolute Gasteiger partial charge is 0.330 e. The average Bonchev–Trinajstić information content (AvgIpc) is 2.28. The number of nitrogens with one attached hydrogen (secondary N) is 1. The molecule has 1 atom stereocenters. The van der Waals surface area contributed by atoms with Crippen LogP contribution in [0.25, 0.3) is 0 Å². The Morgan fingerprint density at radius 3 is 3.17 bits per heavy atom. The Morgan fingerprint density at radius 1 is 1.75 bits per heavy atom. The van der Waals surface area contributed by atoms with E-state index in [2.05, 4.69) is 10.1 Å². The Balaban J connectivity index is 2.51. The molecule has 1 saturated heterocycles. The second-order valence-corrected chi connectivity index (χ2v) is 2.47. The molecule has 0 saturated carbocycles. The van der Waals surface area contributed by atoms with Crippen molar-refractivity contribution in [1.82, 2.24) is 5.32 Å². The van der Waals surface area contributed by atoms with Crippen LogP contribution in [0, 0.1) is 0 Å². The third-order valence-corrected chi connectivity index (χ3v) is 1.58. The van der Waals surface area contributed by atoms with Crippen molar-refractivity contribution in [1.29, 1.82) is 0 Å². The lowest BCUT2D eigenvalue weighted by molar-refractivity contribution is -0.145. The monoisotopic (exact) mass is 173 g/mol. The molecule has 1 N–H and O–H groups in total. The zero-order valence-electron chi connectivity index (χ0n) is 6.83. The molecule has 0 spiro atoms. The predicted molar refractivity (Wildman–Crippen MR) is 39.4 cm³/mol. The third-order valence-electron chi connectivity index (χ3n) is 1.58. The van der Waals surface area contributed by atoms with Gasteiger partial charge in [0, 0.05) is 6.42 Å². The second kappa shape index (κ2) is 4.06. The Kier molecular flexibility index (Phi) is 3.04. The van der Waals surface area contributed by atoms with E-state index < -0.39 is 12.0 Å². The largest absolute Gasteiger partial charge is 0.467 e. The van der Waals surface area contributed by atoms with Gasteiger partial charge >= 0.3 is 5.97 Å². The first-order chi connectivity index (χ1) is 5.74. The number of carbonyl (C=O) groups is 2. The minimum absolute atomic E-state index is 0.178. The van der Waals surface area contributed by atoms with Gasteiger partial charge in [-0.3, -0.25) is 4.79 Å². The summed E-state index contributed by atoms with van der Waals surface area (Å²) in [6.45, 7) is 0.553. The van der Waals surface area contributed by atoms with E-state index in [0.717, 1.165) is 0 Å². The van der Waals surface area contributed by atoms with Crippen LogP contribution in [0.5, 0.6) is 0 Å². The number of hydrogen-bond acceptors (Lipinski definition) is 4. The summed E-state index contributed by atoms with van der Waals surface area (Å²) in [5.41, 5.74) is 0. The lowest BCUT2D eigenvalue weighted by atomic mass is 10.3. The predicted octanol–water partition coefficient (Wildman–Crippen LogP) is -0.935. The number of methoxy groups -OCH3 is 1. The van der Waals surface area contributed by atoms with Crippen LogP contribution in [0.1, 0.15) is 6.42 Å². The molecule has 0 unspecified atom stereocenters. The molecule has 1 aliphatic rings. The topological polar surface area (TPSA) is 64.6 Å². The summed E-state index contributed by atoms with van der Waals surface area (Å²) in [7, 11) is 1.28. The van der Waals surface area contributed by atoms with Crippen LogP contribution in [0.4, 0.5) is 0 Å². The molecule has 0 aromatic heterocycles. The fourth-order valence-electron chi connectivity index (χ4n) is 0.943. The molecule has 5 heteroatoms. The van der Waals surface area contributed by atoms with Gasteiger partial charge in [-0.2, -0.15) is 0 Å². The number of amides is 1. The molecule has 1 rings (SSSR count). The van der Waals surface area contributed by atoms with Gasteiger partial charge in [-0.25, -0.2) is 4.79 Å². The zero-order valence-corrected chi connectivity index (χ0v) is 6.83. The molecule has 68 valence electrons. The van der Waals surface area contributed by atoms with E-state index >= 15 is 0 Å². The summed E-state index contributed by atoms with van der Waals surface area (Å²) in [6, 6.07) is -0.648. The van der Waals surface area contributed by atoms with Crippen molar-refractivity contribution >= 4 is 11.9 Å². The molecule has 0 aromatic carbocycles. The number of ether oxygens (including phenoxy) is 2. The lowest BCUT2D eigenvalue weighted by Gasteiger charge is -2.11. The van der Waals surface area contributed by atoms with Crippen molar-refractivity contribution in [2.45, 2.75) is 12.5 Å². The minimum Gasteiger partial charge on any atom is -0.467 e. The molecule has 1 amide bonds.